The second-order valence-corrected chi connectivity index (χ2v) is 5.19. The first kappa shape index (κ1) is 15.7. The van der Waals surface area contributed by atoms with Crippen molar-refractivity contribution in [1.82, 2.24) is 9.99 Å². The maximum Gasteiger partial charge on any atom is 0.198 e. The van der Waals surface area contributed by atoms with Gasteiger partial charge >= 0.3 is 0 Å². The molecule has 24 heavy (non-hydrogen) atoms. The van der Waals surface area contributed by atoms with Crippen LogP contribution in [0.1, 0.15) is 18.9 Å². The van der Waals surface area contributed by atoms with Gasteiger partial charge in [0.1, 0.15) is 0 Å². The van der Waals surface area contributed by atoms with Gasteiger partial charge in [0.05, 0.1) is 11.4 Å². The van der Waals surface area contributed by atoms with Crippen LogP contribution in [0.25, 0.3) is 5.70 Å². The van der Waals surface area contributed by atoms with Crippen LogP contribution < -0.4 is 0 Å². The van der Waals surface area contributed by atoms with E-state index in [9.17, 15) is 0 Å². The molecule has 0 amide bonds. The molecule has 4 nitrogen and oxygen atoms in total. The Morgan fingerprint density at radius 3 is 2.92 bits per heavy atom. The fraction of sp³-hybridized carbons (Fsp3) is 0.100. The van der Waals surface area contributed by atoms with Crippen molar-refractivity contribution in [2.45, 2.75) is 13.3 Å². The third-order valence-electron chi connectivity index (χ3n) is 3.49. The van der Waals surface area contributed by atoms with Crippen molar-refractivity contribution in [3.8, 4) is 0 Å². The highest BCUT2D eigenvalue weighted by molar-refractivity contribution is 6.14. The first-order valence-electron chi connectivity index (χ1n) is 7.77. The van der Waals surface area contributed by atoms with E-state index in [1.165, 1.54) is 0 Å². The Morgan fingerprint density at radius 2 is 2.12 bits per heavy atom. The summed E-state index contributed by atoms with van der Waals surface area (Å²) >= 11 is 0. The molecular weight excluding hydrogens is 296 g/mol. The predicted octanol–water partition coefficient (Wildman–Crippen LogP) is 4.25. The average molecular weight is 314 g/mol. The molecule has 0 saturated carbocycles. The molecule has 2 aliphatic heterocycles. The van der Waals surface area contributed by atoms with Crippen LogP contribution in [0.5, 0.6) is 0 Å². The number of rotatable bonds is 4. The predicted molar refractivity (Wildman–Crippen MR) is 99.3 cm³/mol. The van der Waals surface area contributed by atoms with Gasteiger partial charge in [-0.3, -0.25) is 4.98 Å². The number of hydrazone groups is 1. The minimum absolute atomic E-state index is 0.661. The summed E-state index contributed by atoms with van der Waals surface area (Å²) < 4.78 is 0. The average Bonchev–Trinajstić information content (AvgIpc) is 2.87. The number of nitrogens with zero attached hydrogens (tertiary/aromatic N) is 4. The molecule has 1 aromatic heterocycles. The zero-order valence-corrected chi connectivity index (χ0v) is 13.6. The van der Waals surface area contributed by atoms with Crippen LogP contribution in [0.4, 0.5) is 0 Å². The van der Waals surface area contributed by atoms with Crippen molar-refractivity contribution in [2.24, 2.45) is 10.1 Å². The molecule has 118 valence electrons. The molecule has 1 aromatic rings. The molecule has 0 atom stereocenters. The standard InChI is InChI=1S/C20H18N4/c1-3-4-5-8-16(2)18-15-19(17-10-13-21-14-11-17)24-20(23-18)9-6-7-12-22-24/h3-6,8,10-15H,2,7H2,1H3/b4-3-,8-5-. The Labute approximate surface area is 141 Å². The number of aliphatic imine (C=N–C) groups is 1. The van der Waals surface area contributed by atoms with Gasteiger partial charge in [-0.15, -0.1) is 0 Å². The maximum atomic E-state index is 4.65. The Morgan fingerprint density at radius 1 is 1.29 bits per heavy atom. The van der Waals surface area contributed by atoms with E-state index in [1.54, 1.807) is 17.4 Å². The van der Waals surface area contributed by atoms with E-state index in [-0.39, 0.29) is 0 Å². The monoisotopic (exact) mass is 314 g/mol. The normalized spacial score (nSPS) is 16.7. The number of allylic oxidation sites excluding steroid dienone is 7. The fourth-order valence-corrected chi connectivity index (χ4v) is 2.30. The summed E-state index contributed by atoms with van der Waals surface area (Å²) in [5.41, 5.74) is 6.78. The molecule has 0 saturated heterocycles. The van der Waals surface area contributed by atoms with Crippen LogP contribution in [0, 0.1) is 0 Å². The lowest BCUT2D eigenvalue weighted by Gasteiger charge is -2.25. The minimum Gasteiger partial charge on any atom is -0.265 e. The smallest absolute Gasteiger partial charge is 0.198 e. The lowest BCUT2D eigenvalue weighted by molar-refractivity contribution is 0.518. The van der Waals surface area contributed by atoms with Crippen molar-refractivity contribution in [3.05, 3.63) is 90.3 Å². The summed E-state index contributed by atoms with van der Waals surface area (Å²) in [5.74, 6) is 0.661. The van der Waals surface area contributed by atoms with Crippen LogP contribution in [0.2, 0.25) is 0 Å². The van der Waals surface area contributed by atoms with Gasteiger partial charge in [-0.25, -0.2) is 10.0 Å². The van der Waals surface area contributed by atoms with Crippen LogP contribution in [-0.2, 0) is 0 Å². The van der Waals surface area contributed by atoms with Gasteiger partial charge in [-0.2, -0.15) is 5.10 Å². The Balaban J connectivity index is 2.06. The summed E-state index contributed by atoms with van der Waals surface area (Å²) in [6.07, 6.45) is 17.9. The highest BCUT2D eigenvalue weighted by Crippen LogP contribution is 2.29. The van der Waals surface area contributed by atoms with E-state index in [0.717, 1.165) is 29.0 Å². The lowest BCUT2D eigenvalue weighted by atomic mass is 10.1. The molecule has 0 bridgehead atoms. The molecule has 4 heteroatoms. The molecule has 0 radical (unpaired) electrons. The van der Waals surface area contributed by atoms with Gasteiger partial charge in [0.2, 0.25) is 0 Å². The number of aromatic nitrogens is 1. The zero-order chi connectivity index (χ0) is 16.8. The quantitative estimate of drug-likeness (QED) is 0.615. The molecule has 0 aliphatic carbocycles. The second-order valence-electron chi connectivity index (χ2n) is 5.19. The molecule has 2 aliphatic rings. The molecule has 0 unspecified atom stereocenters. The molecule has 0 spiro atoms. The van der Waals surface area contributed by atoms with Gasteiger partial charge in [0.25, 0.3) is 0 Å². The van der Waals surface area contributed by atoms with Crippen molar-refractivity contribution in [2.75, 3.05) is 0 Å². The SMILES string of the molecule is C=C(/C=C\C=C/C)C1=NC2=C=CCC=NN2C(c2ccncc2)=C1. The van der Waals surface area contributed by atoms with Crippen molar-refractivity contribution in [1.29, 1.82) is 0 Å². The van der Waals surface area contributed by atoms with Crippen molar-refractivity contribution < 1.29 is 0 Å². The topological polar surface area (TPSA) is 40.9 Å². The second kappa shape index (κ2) is 7.36. The van der Waals surface area contributed by atoms with Crippen molar-refractivity contribution in [3.63, 3.8) is 0 Å². The summed E-state index contributed by atoms with van der Waals surface area (Å²) in [5, 5.41) is 6.29. The highest BCUT2D eigenvalue weighted by Gasteiger charge is 2.22. The Hall–Kier alpha value is -3.23. The van der Waals surface area contributed by atoms with Crippen LogP contribution in [0.3, 0.4) is 0 Å². The van der Waals surface area contributed by atoms with E-state index in [2.05, 4.69) is 27.4 Å². The lowest BCUT2D eigenvalue weighted by Crippen LogP contribution is -2.20. The largest absolute Gasteiger partial charge is 0.265 e. The van der Waals surface area contributed by atoms with E-state index < -0.39 is 0 Å². The first-order chi connectivity index (χ1) is 11.8. The third-order valence-corrected chi connectivity index (χ3v) is 3.49. The maximum absolute atomic E-state index is 4.65. The number of fused-ring (bicyclic) bond motifs is 1. The number of pyridine rings is 1. The molecule has 0 fully saturated rings. The number of hydrogen-bond donors (Lipinski definition) is 0. The van der Waals surface area contributed by atoms with E-state index in [1.807, 2.05) is 61.7 Å². The van der Waals surface area contributed by atoms with Crippen LogP contribution in [-0.4, -0.2) is 21.9 Å². The third kappa shape index (κ3) is 3.40. The molecule has 0 N–H and O–H groups in total. The summed E-state index contributed by atoms with van der Waals surface area (Å²) in [7, 11) is 0. The number of hydrogen-bond acceptors (Lipinski definition) is 4. The minimum atomic E-state index is 0.661. The summed E-state index contributed by atoms with van der Waals surface area (Å²) in [4.78, 5) is 8.74. The van der Waals surface area contributed by atoms with Gasteiger partial charge in [0.15, 0.2) is 5.82 Å². The van der Waals surface area contributed by atoms with E-state index >= 15 is 0 Å². The van der Waals surface area contributed by atoms with Crippen LogP contribution in [0.15, 0.2) is 94.8 Å². The molecule has 3 rings (SSSR count). The first-order valence-corrected chi connectivity index (χ1v) is 7.77. The highest BCUT2D eigenvalue weighted by atomic mass is 15.5. The summed E-state index contributed by atoms with van der Waals surface area (Å²) in [6.45, 7) is 6.10. The Kier molecular flexibility index (Phi) is 4.80. The zero-order valence-electron chi connectivity index (χ0n) is 13.6. The molecule has 3 heterocycles. The van der Waals surface area contributed by atoms with Crippen molar-refractivity contribution >= 4 is 17.6 Å². The van der Waals surface area contributed by atoms with Gasteiger partial charge < -0.3 is 0 Å². The summed E-state index contributed by atoms with van der Waals surface area (Å²) in [6, 6.07) is 3.91. The van der Waals surface area contributed by atoms with Gasteiger partial charge in [-0.1, -0.05) is 36.6 Å². The molecular formula is C20H18N4. The van der Waals surface area contributed by atoms with E-state index in [0.29, 0.717) is 5.82 Å². The molecule has 0 aromatic carbocycles. The van der Waals surface area contributed by atoms with Gasteiger partial charge in [-0.05, 0) is 36.8 Å². The van der Waals surface area contributed by atoms with Crippen LogP contribution >= 0.6 is 0 Å². The fourth-order valence-electron chi connectivity index (χ4n) is 2.30. The van der Waals surface area contributed by atoms with Gasteiger partial charge in [0, 0.05) is 30.6 Å². The van der Waals surface area contributed by atoms with E-state index in [4.69, 9.17) is 0 Å². The Bertz CT molecular complexity index is 845.